The van der Waals surface area contributed by atoms with Gasteiger partial charge in [0.2, 0.25) is 11.8 Å². The number of likely N-dealkylation sites (N-methyl/N-ethyl adjacent to an activating group) is 1. The van der Waals surface area contributed by atoms with Crippen molar-refractivity contribution < 1.29 is 27.1 Å². The van der Waals surface area contributed by atoms with Crippen molar-refractivity contribution >= 4 is 49.6 Å². The van der Waals surface area contributed by atoms with Gasteiger partial charge in [0.05, 0.1) is 22.9 Å². The highest BCUT2D eigenvalue weighted by Gasteiger charge is 2.38. The number of benzene rings is 3. The van der Waals surface area contributed by atoms with Crippen molar-refractivity contribution in [1.29, 1.82) is 0 Å². The summed E-state index contributed by atoms with van der Waals surface area (Å²) in [7, 11) is -1.99. The van der Waals surface area contributed by atoms with Crippen LogP contribution in [0.4, 0.5) is 21.6 Å². The Labute approximate surface area is 278 Å². The molecule has 10 nitrogen and oxygen atoms in total. The highest BCUT2D eigenvalue weighted by atomic mass is 32.2. The van der Waals surface area contributed by atoms with Gasteiger partial charge < -0.3 is 26.0 Å². The highest BCUT2D eigenvalue weighted by Crippen LogP contribution is 2.37. The molecule has 0 radical (unpaired) electrons. The number of anilines is 3. The van der Waals surface area contributed by atoms with E-state index < -0.39 is 26.9 Å². The van der Waals surface area contributed by atoms with Gasteiger partial charge in [-0.25, -0.2) is 17.8 Å². The first kappa shape index (κ1) is 31.9. The second-order valence-corrected chi connectivity index (χ2v) is 15.3. The predicted molar refractivity (Wildman–Crippen MR) is 182 cm³/mol. The summed E-state index contributed by atoms with van der Waals surface area (Å²) in [5, 5.41) is 6.48. The SMILES string of the molecule is CN1Cc2cc(ccc2S(=O)(=O)C2CC2)NC(=O)CCc2cc(ccc2OCC2CCC2)[C@@H](Nc2ccc3c(N)ncc(F)c3c2)C1=O. The molecular weight excluding hydrogens is 633 g/mol. The Balaban J connectivity index is 1.29. The van der Waals surface area contributed by atoms with Crippen LogP contribution in [0.1, 0.15) is 61.3 Å². The Morgan fingerprint density at radius 3 is 2.56 bits per heavy atom. The summed E-state index contributed by atoms with van der Waals surface area (Å²) in [4.78, 5) is 33.1. The quantitative estimate of drug-likeness (QED) is 0.225. The van der Waals surface area contributed by atoms with Crippen molar-refractivity contribution in [3.63, 3.8) is 0 Å². The number of nitrogen functional groups attached to an aromatic ring is 1. The smallest absolute Gasteiger partial charge is 0.249 e. The number of hydrogen-bond donors (Lipinski definition) is 3. The Bertz CT molecular complexity index is 2030. The lowest BCUT2D eigenvalue weighted by molar-refractivity contribution is -0.131. The Morgan fingerprint density at radius 2 is 1.81 bits per heavy atom. The number of carbonyl (C=O) groups excluding carboxylic acids is 2. The van der Waals surface area contributed by atoms with E-state index >= 15 is 0 Å². The number of pyridine rings is 1. The molecule has 2 aliphatic carbocycles. The van der Waals surface area contributed by atoms with E-state index in [1.807, 2.05) is 18.2 Å². The van der Waals surface area contributed by atoms with E-state index in [4.69, 9.17) is 10.5 Å². The highest BCUT2D eigenvalue weighted by molar-refractivity contribution is 7.92. The van der Waals surface area contributed by atoms with Gasteiger partial charge in [-0.15, -0.1) is 0 Å². The molecule has 0 spiro atoms. The number of amides is 2. The molecule has 7 rings (SSSR count). The van der Waals surface area contributed by atoms with E-state index in [0.717, 1.165) is 24.6 Å². The number of nitrogens with two attached hydrogens (primary N) is 1. The zero-order chi connectivity index (χ0) is 33.6. The van der Waals surface area contributed by atoms with Gasteiger partial charge in [-0.05, 0) is 103 Å². The maximum Gasteiger partial charge on any atom is 0.249 e. The first-order valence-electron chi connectivity index (χ1n) is 16.3. The first-order valence-corrected chi connectivity index (χ1v) is 17.9. The molecule has 3 aliphatic rings. The molecule has 2 amide bonds. The number of hydrogen-bond acceptors (Lipinski definition) is 8. The van der Waals surface area contributed by atoms with Gasteiger partial charge in [0.15, 0.2) is 9.84 Å². The summed E-state index contributed by atoms with van der Waals surface area (Å²) in [6.45, 7) is 0.563. The lowest BCUT2D eigenvalue weighted by Crippen LogP contribution is -2.35. The van der Waals surface area contributed by atoms with Crippen LogP contribution in [0.3, 0.4) is 0 Å². The van der Waals surface area contributed by atoms with Gasteiger partial charge in [-0.2, -0.15) is 0 Å². The van der Waals surface area contributed by atoms with E-state index in [-0.39, 0.29) is 40.9 Å². The fourth-order valence-corrected chi connectivity index (χ4v) is 8.26. The topological polar surface area (TPSA) is 144 Å². The average Bonchev–Trinajstić information content (AvgIpc) is 3.90. The zero-order valence-electron chi connectivity index (χ0n) is 26.7. The van der Waals surface area contributed by atoms with Crippen LogP contribution in [-0.4, -0.2) is 49.0 Å². The maximum absolute atomic E-state index is 14.8. The molecule has 3 aromatic carbocycles. The van der Waals surface area contributed by atoms with E-state index in [2.05, 4.69) is 15.6 Å². The van der Waals surface area contributed by atoms with Gasteiger partial charge >= 0.3 is 0 Å². The Hall–Kier alpha value is -4.71. The third-order valence-corrected chi connectivity index (χ3v) is 11.9. The van der Waals surface area contributed by atoms with Crippen LogP contribution < -0.4 is 21.1 Å². The minimum atomic E-state index is -3.60. The standard InChI is InChI=1S/C36H38FN5O5S/c1-42-19-24-16-25(8-13-32(24)48(45,46)27-9-10-27)40-33(43)14-6-22-15-23(5-12-31(22)47-20-21-3-2-4-21)34(36(42)44)41-26-7-11-28-29(17-26)30(37)18-39-35(28)38/h5,7-8,11-13,15-18,21,27,34,41H,2-4,6,9-10,14,19-20H2,1H3,(H2,38,39)(H,40,43)/t34-/m1/s1. The van der Waals surface area contributed by atoms with Crippen LogP contribution in [0.25, 0.3) is 10.8 Å². The van der Waals surface area contributed by atoms with Gasteiger partial charge in [-0.3, -0.25) is 9.59 Å². The number of carbonyl (C=O) groups is 2. The maximum atomic E-state index is 14.8. The molecule has 4 aromatic rings. The summed E-state index contributed by atoms with van der Waals surface area (Å²) in [5.74, 6) is 0.254. The number of nitrogens with one attached hydrogen (secondary N) is 2. The van der Waals surface area contributed by atoms with Crippen molar-refractivity contribution in [3.8, 4) is 5.75 Å². The molecule has 4 N–H and O–H groups in total. The second kappa shape index (κ2) is 12.7. The van der Waals surface area contributed by atoms with Gasteiger partial charge in [0, 0.05) is 42.2 Å². The summed E-state index contributed by atoms with van der Waals surface area (Å²) >= 11 is 0. The van der Waals surface area contributed by atoms with Gasteiger partial charge in [-0.1, -0.05) is 12.5 Å². The first-order chi connectivity index (χ1) is 23.1. The fourth-order valence-electron chi connectivity index (χ4n) is 6.40. The third-order valence-electron chi connectivity index (χ3n) is 9.56. The van der Waals surface area contributed by atoms with Crippen LogP contribution >= 0.6 is 0 Å². The Kier molecular flexibility index (Phi) is 8.44. The van der Waals surface area contributed by atoms with Crippen LogP contribution in [0.2, 0.25) is 0 Å². The molecule has 12 heteroatoms. The molecule has 0 unspecified atom stereocenters. The number of rotatable bonds is 7. The molecule has 250 valence electrons. The van der Waals surface area contributed by atoms with Crippen molar-refractivity contribution in [2.75, 3.05) is 30.0 Å². The monoisotopic (exact) mass is 671 g/mol. The molecule has 1 aromatic heterocycles. The van der Waals surface area contributed by atoms with Crippen molar-refractivity contribution in [1.82, 2.24) is 9.88 Å². The third kappa shape index (κ3) is 6.41. The number of fused-ring (bicyclic) bond motifs is 5. The van der Waals surface area contributed by atoms with Gasteiger partial charge in [0.25, 0.3) is 0 Å². The number of ether oxygens (including phenoxy) is 1. The van der Waals surface area contributed by atoms with E-state index in [1.54, 1.807) is 37.4 Å². The number of aryl methyl sites for hydroxylation is 1. The van der Waals surface area contributed by atoms with Crippen LogP contribution in [0.5, 0.6) is 5.75 Å². The molecule has 1 atom stereocenters. The largest absolute Gasteiger partial charge is 0.493 e. The summed E-state index contributed by atoms with van der Waals surface area (Å²) in [5.41, 5.74) is 8.75. The number of aromatic nitrogens is 1. The normalized spacial score (nSPS) is 19.0. The van der Waals surface area contributed by atoms with E-state index in [0.29, 0.717) is 65.4 Å². The fraction of sp³-hybridized carbons (Fsp3) is 0.361. The van der Waals surface area contributed by atoms with Crippen molar-refractivity contribution in [2.24, 2.45) is 5.92 Å². The number of sulfone groups is 1. The summed E-state index contributed by atoms with van der Waals surface area (Å²) in [6.07, 6.45) is 6.19. The predicted octanol–water partition coefficient (Wildman–Crippen LogP) is 5.77. The van der Waals surface area contributed by atoms with E-state index in [1.165, 1.54) is 17.4 Å². The molecule has 2 fully saturated rings. The van der Waals surface area contributed by atoms with E-state index in [9.17, 15) is 22.4 Å². The molecular formula is C36H38FN5O5S. The van der Waals surface area contributed by atoms with Crippen LogP contribution in [0, 0.1) is 11.7 Å². The van der Waals surface area contributed by atoms with Gasteiger partial charge in [0.1, 0.15) is 23.4 Å². The minimum absolute atomic E-state index is 0.0218. The van der Waals surface area contributed by atoms with Crippen LogP contribution in [-0.2, 0) is 32.4 Å². The molecule has 4 bridgehead atoms. The molecule has 0 saturated heterocycles. The number of halogens is 1. The number of nitrogens with zero attached hydrogens (tertiary/aromatic N) is 2. The zero-order valence-corrected chi connectivity index (χ0v) is 27.5. The second-order valence-electron chi connectivity index (χ2n) is 13.1. The summed E-state index contributed by atoms with van der Waals surface area (Å²) in [6, 6.07) is 14.3. The summed E-state index contributed by atoms with van der Waals surface area (Å²) < 4.78 is 47.9. The molecule has 2 heterocycles. The van der Waals surface area contributed by atoms with Crippen molar-refractivity contribution in [3.05, 3.63) is 83.3 Å². The lowest BCUT2D eigenvalue weighted by Gasteiger charge is -2.28. The average molecular weight is 672 g/mol. The minimum Gasteiger partial charge on any atom is -0.493 e. The molecule has 1 aliphatic heterocycles. The van der Waals surface area contributed by atoms with Crippen LogP contribution in [0.15, 0.2) is 65.7 Å². The lowest BCUT2D eigenvalue weighted by atomic mass is 9.86. The Morgan fingerprint density at radius 1 is 1.00 bits per heavy atom. The molecule has 2 saturated carbocycles. The van der Waals surface area contributed by atoms with Crippen molar-refractivity contribution in [2.45, 2.75) is 67.7 Å². The molecule has 48 heavy (non-hydrogen) atoms.